The predicted molar refractivity (Wildman–Crippen MR) is 81.2 cm³/mol. The Kier molecular flexibility index (Phi) is 5.00. The highest BCUT2D eigenvalue weighted by Gasteiger charge is 2.30. The molecule has 1 unspecified atom stereocenters. The maximum Gasteiger partial charge on any atom is 0.254 e. The molecule has 1 aliphatic rings. The summed E-state index contributed by atoms with van der Waals surface area (Å²) in [5.41, 5.74) is 6.88. The Hall–Kier alpha value is -1.40. The molecule has 6 nitrogen and oxygen atoms in total. The molecule has 21 heavy (non-hydrogen) atoms. The summed E-state index contributed by atoms with van der Waals surface area (Å²) in [6.07, 6.45) is 4.19. The second-order valence-corrected chi connectivity index (χ2v) is 6.28. The number of amides is 1. The molecule has 1 amide bonds. The van der Waals surface area contributed by atoms with E-state index in [4.69, 9.17) is 10.5 Å². The molecule has 6 heteroatoms. The fourth-order valence-electron chi connectivity index (χ4n) is 2.75. The molecule has 1 saturated heterocycles. The van der Waals surface area contributed by atoms with E-state index in [0.29, 0.717) is 18.7 Å². The first kappa shape index (κ1) is 16.0. The van der Waals surface area contributed by atoms with Crippen LogP contribution in [0.15, 0.2) is 6.20 Å². The van der Waals surface area contributed by atoms with Crippen LogP contribution in [0.25, 0.3) is 0 Å². The highest BCUT2D eigenvalue weighted by atomic mass is 16.5. The topological polar surface area (TPSA) is 82.2 Å². The van der Waals surface area contributed by atoms with Crippen LogP contribution in [0.2, 0.25) is 0 Å². The zero-order valence-corrected chi connectivity index (χ0v) is 13.2. The largest absolute Gasteiger partial charge is 0.375 e. The highest BCUT2D eigenvalue weighted by Crippen LogP contribution is 2.24. The first-order chi connectivity index (χ1) is 9.93. The van der Waals surface area contributed by atoms with Gasteiger partial charge in [-0.3, -0.25) is 9.48 Å². The molecule has 0 radical (unpaired) electrons. The number of nitrogens with two attached hydrogens (primary N) is 1. The molecule has 1 fully saturated rings. The number of carbonyl (C=O) groups is 1. The minimum Gasteiger partial charge on any atom is -0.375 e. The van der Waals surface area contributed by atoms with E-state index in [1.807, 2.05) is 11.6 Å². The van der Waals surface area contributed by atoms with Crippen LogP contribution in [0.1, 0.15) is 49.2 Å². The standard InChI is InChI=1S/C15H26N4O2/c1-11-13(10-17-19(11)7-4-6-16)14(20)18-12-5-8-21-15(2,3)9-12/h10,12H,4-9,16H2,1-3H3,(H,18,20). The molecule has 1 aromatic rings. The van der Waals surface area contributed by atoms with E-state index in [0.717, 1.165) is 31.5 Å². The predicted octanol–water partition coefficient (Wildman–Crippen LogP) is 1.23. The second-order valence-electron chi connectivity index (χ2n) is 6.28. The zero-order valence-electron chi connectivity index (χ0n) is 13.2. The quantitative estimate of drug-likeness (QED) is 0.855. The summed E-state index contributed by atoms with van der Waals surface area (Å²) in [5, 5.41) is 7.38. The van der Waals surface area contributed by atoms with E-state index in [9.17, 15) is 4.79 Å². The average molecular weight is 294 g/mol. The summed E-state index contributed by atoms with van der Waals surface area (Å²) in [6.45, 7) is 8.10. The minimum absolute atomic E-state index is 0.0470. The van der Waals surface area contributed by atoms with Crippen molar-refractivity contribution < 1.29 is 9.53 Å². The van der Waals surface area contributed by atoms with E-state index in [1.54, 1.807) is 6.20 Å². The van der Waals surface area contributed by atoms with Crippen molar-refractivity contribution in [2.45, 2.75) is 58.2 Å². The summed E-state index contributed by atoms with van der Waals surface area (Å²) in [6, 6.07) is 0.160. The highest BCUT2D eigenvalue weighted by molar-refractivity contribution is 5.95. The molecule has 0 aliphatic carbocycles. The molecule has 1 aromatic heterocycles. The molecule has 0 spiro atoms. The van der Waals surface area contributed by atoms with E-state index < -0.39 is 0 Å². The number of hydrogen-bond donors (Lipinski definition) is 2. The van der Waals surface area contributed by atoms with Crippen LogP contribution in [0.4, 0.5) is 0 Å². The van der Waals surface area contributed by atoms with Gasteiger partial charge in [0, 0.05) is 24.9 Å². The summed E-state index contributed by atoms with van der Waals surface area (Å²) in [4.78, 5) is 12.4. The number of aromatic nitrogens is 2. The third-order valence-corrected chi connectivity index (χ3v) is 3.95. The number of hydrogen-bond acceptors (Lipinski definition) is 4. The smallest absolute Gasteiger partial charge is 0.254 e. The van der Waals surface area contributed by atoms with Crippen LogP contribution < -0.4 is 11.1 Å². The van der Waals surface area contributed by atoms with Crippen LogP contribution >= 0.6 is 0 Å². The lowest BCUT2D eigenvalue weighted by Crippen LogP contribution is -2.45. The van der Waals surface area contributed by atoms with Crippen LogP contribution in [0, 0.1) is 6.92 Å². The van der Waals surface area contributed by atoms with Gasteiger partial charge in [0.05, 0.1) is 17.4 Å². The fourth-order valence-corrected chi connectivity index (χ4v) is 2.75. The number of rotatable bonds is 5. The van der Waals surface area contributed by atoms with Gasteiger partial charge >= 0.3 is 0 Å². The average Bonchev–Trinajstić information content (AvgIpc) is 2.76. The van der Waals surface area contributed by atoms with E-state index in [-0.39, 0.29) is 17.6 Å². The Morgan fingerprint density at radius 2 is 2.38 bits per heavy atom. The first-order valence-corrected chi connectivity index (χ1v) is 7.60. The molecular formula is C15H26N4O2. The van der Waals surface area contributed by atoms with Gasteiger partial charge in [-0.25, -0.2) is 0 Å². The molecule has 0 saturated carbocycles. The van der Waals surface area contributed by atoms with Gasteiger partial charge in [-0.1, -0.05) is 0 Å². The van der Waals surface area contributed by atoms with E-state index >= 15 is 0 Å². The number of nitrogens with one attached hydrogen (secondary N) is 1. The van der Waals surface area contributed by atoms with Crippen molar-refractivity contribution in [2.24, 2.45) is 5.73 Å². The van der Waals surface area contributed by atoms with E-state index in [2.05, 4.69) is 24.3 Å². The first-order valence-electron chi connectivity index (χ1n) is 7.60. The van der Waals surface area contributed by atoms with Crippen molar-refractivity contribution in [1.82, 2.24) is 15.1 Å². The molecule has 3 N–H and O–H groups in total. The van der Waals surface area contributed by atoms with Crippen LogP contribution in [-0.4, -0.2) is 40.5 Å². The van der Waals surface area contributed by atoms with Crippen molar-refractivity contribution >= 4 is 5.91 Å². The lowest BCUT2D eigenvalue weighted by Gasteiger charge is -2.35. The van der Waals surface area contributed by atoms with Crippen molar-refractivity contribution in [2.75, 3.05) is 13.2 Å². The molecule has 2 rings (SSSR count). The van der Waals surface area contributed by atoms with Gasteiger partial charge in [0.25, 0.3) is 5.91 Å². The maximum absolute atomic E-state index is 12.4. The summed E-state index contributed by atoms with van der Waals surface area (Å²) in [7, 11) is 0. The maximum atomic E-state index is 12.4. The number of aryl methyl sites for hydroxylation is 1. The normalized spacial score (nSPS) is 21.2. The van der Waals surface area contributed by atoms with Crippen LogP contribution in [0.5, 0.6) is 0 Å². The van der Waals surface area contributed by atoms with Gasteiger partial charge in [-0.2, -0.15) is 5.10 Å². The monoisotopic (exact) mass is 294 g/mol. The lowest BCUT2D eigenvalue weighted by atomic mass is 9.94. The molecular weight excluding hydrogens is 268 g/mol. The number of carbonyl (C=O) groups excluding carboxylic acids is 1. The molecule has 1 aliphatic heterocycles. The van der Waals surface area contributed by atoms with Crippen molar-refractivity contribution in [3.8, 4) is 0 Å². The van der Waals surface area contributed by atoms with Gasteiger partial charge in [-0.15, -0.1) is 0 Å². The summed E-state index contributed by atoms with van der Waals surface area (Å²) >= 11 is 0. The Balaban J connectivity index is 1.98. The van der Waals surface area contributed by atoms with E-state index in [1.165, 1.54) is 0 Å². The van der Waals surface area contributed by atoms with Crippen molar-refractivity contribution in [3.05, 3.63) is 17.5 Å². The molecule has 2 heterocycles. The molecule has 0 bridgehead atoms. The van der Waals surface area contributed by atoms with Gasteiger partial charge in [0.2, 0.25) is 0 Å². The van der Waals surface area contributed by atoms with Gasteiger partial charge in [-0.05, 0) is 46.6 Å². The third kappa shape index (κ3) is 4.04. The number of nitrogens with zero attached hydrogens (tertiary/aromatic N) is 2. The molecule has 0 aromatic carbocycles. The molecule has 118 valence electrons. The molecule has 1 atom stereocenters. The van der Waals surface area contributed by atoms with Gasteiger partial charge in [0.1, 0.15) is 0 Å². The summed E-state index contributed by atoms with van der Waals surface area (Å²) < 4.78 is 7.52. The zero-order chi connectivity index (χ0) is 15.5. The van der Waals surface area contributed by atoms with Gasteiger partial charge < -0.3 is 15.8 Å². The Labute approximate surface area is 126 Å². The second kappa shape index (κ2) is 6.58. The van der Waals surface area contributed by atoms with Crippen molar-refractivity contribution in [1.29, 1.82) is 0 Å². The Bertz CT molecular complexity index is 496. The van der Waals surface area contributed by atoms with Crippen molar-refractivity contribution in [3.63, 3.8) is 0 Å². The third-order valence-electron chi connectivity index (χ3n) is 3.95. The van der Waals surface area contributed by atoms with Crippen LogP contribution in [-0.2, 0) is 11.3 Å². The Morgan fingerprint density at radius 3 is 3.05 bits per heavy atom. The van der Waals surface area contributed by atoms with Crippen LogP contribution in [0.3, 0.4) is 0 Å². The minimum atomic E-state index is -0.170. The van der Waals surface area contributed by atoms with Gasteiger partial charge in [0.15, 0.2) is 0 Å². The Morgan fingerprint density at radius 1 is 1.62 bits per heavy atom. The lowest BCUT2D eigenvalue weighted by molar-refractivity contribution is -0.0615. The fraction of sp³-hybridized carbons (Fsp3) is 0.733. The SMILES string of the molecule is Cc1c(C(=O)NC2CCOC(C)(C)C2)cnn1CCCN. The summed E-state index contributed by atoms with van der Waals surface area (Å²) in [5.74, 6) is -0.0470. The number of ether oxygens (including phenoxy) is 1.